The molecule has 1 aromatic carbocycles. The Bertz CT molecular complexity index is 940. The highest BCUT2D eigenvalue weighted by Crippen LogP contribution is 2.29. The van der Waals surface area contributed by atoms with Gasteiger partial charge in [0.2, 0.25) is 0 Å². The van der Waals surface area contributed by atoms with Crippen molar-refractivity contribution < 1.29 is 4.79 Å². The van der Waals surface area contributed by atoms with E-state index in [9.17, 15) is 9.59 Å². The van der Waals surface area contributed by atoms with Gasteiger partial charge in [0.25, 0.3) is 11.5 Å². The van der Waals surface area contributed by atoms with Gasteiger partial charge >= 0.3 is 0 Å². The Hall–Kier alpha value is -2.47. The van der Waals surface area contributed by atoms with Crippen LogP contribution in [0, 0.1) is 0 Å². The predicted molar refractivity (Wildman–Crippen MR) is 89.3 cm³/mol. The number of hydrogen-bond donors (Lipinski definition) is 2. The minimum atomic E-state index is -0.581. The van der Waals surface area contributed by atoms with E-state index in [1.165, 1.54) is 4.57 Å². The molecule has 0 aliphatic carbocycles. The van der Waals surface area contributed by atoms with E-state index < -0.39 is 5.91 Å². The Morgan fingerprint density at radius 2 is 2.09 bits per heavy atom. The van der Waals surface area contributed by atoms with Gasteiger partial charge < -0.3 is 15.3 Å². The lowest BCUT2D eigenvalue weighted by Gasteiger charge is -2.08. The van der Waals surface area contributed by atoms with Crippen molar-refractivity contribution in [3.05, 3.63) is 52.6 Å². The number of rotatable bonds is 3. The van der Waals surface area contributed by atoms with Crippen molar-refractivity contribution in [2.24, 2.45) is 12.8 Å². The monoisotopic (exact) mass is 313 g/mol. The standard InChI is InChI=1S/C16H15N3O2S/c1-19-8-12(9-4-3-5-10(6-9)22-2)11-7-13(15(17)20)18-14(11)16(19)21/h3-8,18H,1-2H3,(H2,17,20). The summed E-state index contributed by atoms with van der Waals surface area (Å²) >= 11 is 1.65. The minimum Gasteiger partial charge on any atom is -0.364 e. The molecule has 3 rings (SSSR count). The average molecular weight is 313 g/mol. The average Bonchev–Trinajstić information content (AvgIpc) is 2.96. The van der Waals surface area contributed by atoms with Gasteiger partial charge in [0.15, 0.2) is 0 Å². The molecule has 0 atom stereocenters. The van der Waals surface area contributed by atoms with E-state index in [2.05, 4.69) is 11.1 Å². The van der Waals surface area contributed by atoms with E-state index in [1.807, 2.05) is 24.5 Å². The van der Waals surface area contributed by atoms with Gasteiger partial charge in [-0.15, -0.1) is 11.8 Å². The number of nitrogens with zero attached hydrogens (tertiary/aromatic N) is 1. The number of H-pyrrole nitrogens is 1. The lowest BCUT2D eigenvalue weighted by Crippen LogP contribution is -2.17. The smallest absolute Gasteiger partial charge is 0.274 e. The number of carbonyl (C=O) groups is 1. The van der Waals surface area contributed by atoms with Crippen LogP contribution >= 0.6 is 11.8 Å². The number of fused-ring (bicyclic) bond motifs is 1. The van der Waals surface area contributed by atoms with Gasteiger partial charge in [0, 0.05) is 29.1 Å². The Morgan fingerprint density at radius 3 is 2.77 bits per heavy atom. The van der Waals surface area contributed by atoms with Crippen molar-refractivity contribution in [1.29, 1.82) is 0 Å². The number of hydrogen-bond acceptors (Lipinski definition) is 3. The second-order valence-corrected chi connectivity index (χ2v) is 5.91. The molecule has 0 saturated carbocycles. The van der Waals surface area contributed by atoms with Crippen molar-refractivity contribution >= 4 is 28.6 Å². The maximum Gasteiger partial charge on any atom is 0.274 e. The summed E-state index contributed by atoms with van der Waals surface area (Å²) in [6.07, 6.45) is 3.79. The fraction of sp³-hybridized carbons (Fsp3) is 0.125. The van der Waals surface area contributed by atoms with Gasteiger partial charge in [-0.05, 0) is 30.0 Å². The number of primary amides is 1. The lowest BCUT2D eigenvalue weighted by atomic mass is 10.0. The molecule has 6 heteroatoms. The van der Waals surface area contributed by atoms with Gasteiger partial charge in [0.05, 0.1) is 0 Å². The van der Waals surface area contributed by atoms with Crippen LogP contribution in [0.4, 0.5) is 0 Å². The van der Waals surface area contributed by atoms with Crippen LogP contribution in [-0.4, -0.2) is 21.7 Å². The maximum absolute atomic E-state index is 12.2. The molecule has 0 fully saturated rings. The van der Waals surface area contributed by atoms with Crippen LogP contribution < -0.4 is 11.3 Å². The second kappa shape index (κ2) is 5.38. The largest absolute Gasteiger partial charge is 0.364 e. The zero-order chi connectivity index (χ0) is 15.9. The zero-order valence-corrected chi connectivity index (χ0v) is 13.0. The number of thioether (sulfide) groups is 1. The van der Waals surface area contributed by atoms with Crippen LogP contribution in [0.1, 0.15) is 10.5 Å². The van der Waals surface area contributed by atoms with Crippen molar-refractivity contribution in [2.45, 2.75) is 4.90 Å². The summed E-state index contributed by atoms with van der Waals surface area (Å²) < 4.78 is 1.50. The lowest BCUT2D eigenvalue weighted by molar-refractivity contribution is 0.0996. The Labute approximate surface area is 131 Å². The SMILES string of the molecule is CSc1cccc(-c2cn(C)c(=O)c3[nH]c(C(N)=O)cc23)c1. The van der Waals surface area contributed by atoms with Crippen LogP contribution in [-0.2, 0) is 7.05 Å². The minimum absolute atomic E-state index is 0.188. The molecular formula is C16H15N3O2S. The van der Waals surface area contributed by atoms with E-state index >= 15 is 0 Å². The second-order valence-electron chi connectivity index (χ2n) is 5.03. The van der Waals surface area contributed by atoms with Crippen LogP contribution in [0.5, 0.6) is 0 Å². The maximum atomic E-state index is 12.2. The summed E-state index contributed by atoms with van der Waals surface area (Å²) in [4.78, 5) is 27.6. The number of pyridine rings is 1. The molecule has 0 saturated heterocycles. The number of benzene rings is 1. The number of aromatic nitrogens is 2. The van der Waals surface area contributed by atoms with Crippen molar-refractivity contribution in [2.75, 3.05) is 6.26 Å². The third-order valence-corrected chi connectivity index (χ3v) is 4.34. The molecule has 1 amide bonds. The predicted octanol–water partition coefficient (Wildman–Crippen LogP) is 2.35. The summed E-state index contributed by atoms with van der Waals surface area (Å²) in [5.41, 5.74) is 7.63. The van der Waals surface area contributed by atoms with Crippen molar-refractivity contribution in [3.63, 3.8) is 0 Å². The summed E-state index contributed by atoms with van der Waals surface area (Å²) in [5.74, 6) is -0.581. The molecule has 5 nitrogen and oxygen atoms in total. The van der Waals surface area contributed by atoms with Gasteiger partial charge in [-0.1, -0.05) is 12.1 Å². The molecule has 3 aromatic rings. The highest BCUT2D eigenvalue weighted by atomic mass is 32.2. The molecule has 0 radical (unpaired) electrons. The highest BCUT2D eigenvalue weighted by molar-refractivity contribution is 7.98. The molecule has 0 aliphatic rings. The first kappa shape index (κ1) is 14.5. The first-order chi connectivity index (χ1) is 10.5. The highest BCUT2D eigenvalue weighted by Gasteiger charge is 2.14. The van der Waals surface area contributed by atoms with Gasteiger partial charge in [-0.25, -0.2) is 0 Å². The molecule has 0 aliphatic heterocycles. The third kappa shape index (κ3) is 2.31. The van der Waals surface area contributed by atoms with Gasteiger partial charge in [0.1, 0.15) is 11.2 Å². The number of aryl methyl sites for hydroxylation is 1. The van der Waals surface area contributed by atoms with Gasteiger partial charge in [-0.2, -0.15) is 0 Å². The van der Waals surface area contributed by atoms with Crippen LogP contribution in [0.2, 0.25) is 0 Å². The number of nitrogens with two attached hydrogens (primary N) is 1. The molecule has 112 valence electrons. The molecule has 0 unspecified atom stereocenters. The number of carbonyl (C=O) groups excluding carboxylic acids is 1. The number of nitrogens with one attached hydrogen (secondary N) is 1. The fourth-order valence-corrected chi connectivity index (χ4v) is 2.95. The van der Waals surface area contributed by atoms with E-state index in [4.69, 9.17) is 5.73 Å². The molecule has 22 heavy (non-hydrogen) atoms. The topological polar surface area (TPSA) is 80.9 Å². The van der Waals surface area contributed by atoms with Crippen molar-refractivity contribution in [3.8, 4) is 11.1 Å². The third-order valence-electron chi connectivity index (χ3n) is 3.61. The molecule has 0 spiro atoms. The Morgan fingerprint density at radius 1 is 1.32 bits per heavy atom. The summed E-state index contributed by atoms with van der Waals surface area (Å²) in [6, 6.07) is 9.68. The van der Waals surface area contributed by atoms with Crippen LogP contribution in [0.3, 0.4) is 0 Å². The molecular weight excluding hydrogens is 298 g/mol. The summed E-state index contributed by atoms with van der Waals surface area (Å²) in [6.45, 7) is 0. The normalized spacial score (nSPS) is 11.0. The summed E-state index contributed by atoms with van der Waals surface area (Å²) in [7, 11) is 1.69. The molecule has 2 heterocycles. The Kier molecular flexibility index (Phi) is 3.54. The Balaban J connectivity index is 2.35. The van der Waals surface area contributed by atoms with Gasteiger partial charge in [-0.3, -0.25) is 9.59 Å². The van der Waals surface area contributed by atoms with Crippen molar-refractivity contribution in [1.82, 2.24) is 9.55 Å². The fourth-order valence-electron chi connectivity index (χ4n) is 2.49. The van der Waals surface area contributed by atoms with E-state index in [1.54, 1.807) is 31.1 Å². The van der Waals surface area contributed by atoms with Crippen LogP contribution in [0.15, 0.2) is 46.2 Å². The molecule has 3 N–H and O–H groups in total. The number of aromatic amines is 1. The van der Waals surface area contributed by atoms with E-state index in [0.717, 1.165) is 16.0 Å². The first-order valence-corrected chi connectivity index (χ1v) is 7.90. The quantitative estimate of drug-likeness (QED) is 0.728. The van der Waals surface area contributed by atoms with E-state index in [-0.39, 0.29) is 11.3 Å². The molecule has 2 aromatic heterocycles. The van der Waals surface area contributed by atoms with E-state index in [0.29, 0.717) is 10.9 Å². The van der Waals surface area contributed by atoms with Crippen LogP contribution in [0.25, 0.3) is 22.0 Å². The molecule has 0 bridgehead atoms. The summed E-state index contributed by atoms with van der Waals surface area (Å²) in [5, 5.41) is 0.704. The zero-order valence-electron chi connectivity index (χ0n) is 12.2. The first-order valence-electron chi connectivity index (χ1n) is 6.68. The number of amides is 1.